The van der Waals surface area contributed by atoms with E-state index in [1.165, 1.54) is 0 Å². The first-order valence-corrected chi connectivity index (χ1v) is 10.3. The van der Waals surface area contributed by atoms with Crippen molar-refractivity contribution in [2.75, 3.05) is 6.61 Å². The van der Waals surface area contributed by atoms with Crippen LogP contribution in [0.5, 0.6) is 0 Å². The van der Waals surface area contributed by atoms with Crippen LogP contribution in [-0.2, 0) is 23.9 Å². The molecular formula is C22H32O6. The van der Waals surface area contributed by atoms with Crippen molar-refractivity contribution in [3.05, 3.63) is 23.8 Å². The van der Waals surface area contributed by atoms with Gasteiger partial charge < -0.3 is 14.6 Å². The average molecular weight is 392 g/mol. The van der Waals surface area contributed by atoms with Gasteiger partial charge in [-0.2, -0.15) is 0 Å². The SMILES string of the molecule is CC[C@H](C)C(=O)O[C@H]1CCC=C2C=C[C@H](C)[C@H](COC(=O)CCCC(=O)O)C21. The van der Waals surface area contributed by atoms with E-state index < -0.39 is 5.97 Å². The lowest BCUT2D eigenvalue weighted by Gasteiger charge is -2.41. The van der Waals surface area contributed by atoms with Gasteiger partial charge >= 0.3 is 17.9 Å². The Morgan fingerprint density at radius 3 is 2.71 bits per heavy atom. The van der Waals surface area contributed by atoms with Gasteiger partial charge in [-0.15, -0.1) is 0 Å². The van der Waals surface area contributed by atoms with Crippen molar-refractivity contribution >= 4 is 17.9 Å². The van der Waals surface area contributed by atoms with E-state index >= 15 is 0 Å². The highest BCUT2D eigenvalue weighted by Crippen LogP contribution is 2.41. The summed E-state index contributed by atoms with van der Waals surface area (Å²) in [7, 11) is 0. The Bertz CT molecular complexity index is 635. The van der Waals surface area contributed by atoms with Gasteiger partial charge in [0.2, 0.25) is 0 Å². The highest BCUT2D eigenvalue weighted by Gasteiger charge is 2.40. The molecule has 0 aromatic rings. The molecule has 5 atom stereocenters. The molecule has 0 aromatic carbocycles. The Balaban J connectivity index is 2.02. The second-order valence-electron chi connectivity index (χ2n) is 7.90. The van der Waals surface area contributed by atoms with Gasteiger partial charge in [0.25, 0.3) is 0 Å². The third-order valence-electron chi connectivity index (χ3n) is 5.84. The lowest BCUT2D eigenvalue weighted by atomic mass is 9.68. The maximum atomic E-state index is 12.4. The van der Waals surface area contributed by atoms with E-state index in [2.05, 4.69) is 25.2 Å². The number of carbonyl (C=O) groups is 3. The van der Waals surface area contributed by atoms with Crippen molar-refractivity contribution in [1.29, 1.82) is 0 Å². The van der Waals surface area contributed by atoms with E-state index in [0.29, 0.717) is 0 Å². The van der Waals surface area contributed by atoms with Crippen LogP contribution in [0.15, 0.2) is 23.8 Å². The van der Waals surface area contributed by atoms with Gasteiger partial charge in [0.1, 0.15) is 6.10 Å². The number of carboxylic acid groups (broad SMARTS) is 1. The van der Waals surface area contributed by atoms with Crippen molar-refractivity contribution in [1.82, 2.24) is 0 Å². The Hall–Kier alpha value is -2.11. The van der Waals surface area contributed by atoms with Crippen LogP contribution >= 0.6 is 0 Å². The lowest BCUT2D eigenvalue weighted by Crippen LogP contribution is -2.42. The predicted octanol–water partition coefficient (Wildman–Crippen LogP) is 3.90. The van der Waals surface area contributed by atoms with Crippen molar-refractivity contribution in [3.8, 4) is 0 Å². The van der Waals surface area contributed by atoms with E-state index in [1.807, 2.05) is 13.8 Å². The minimum atomic E-state index is -0.915. The fraction of sp³-hybridized carbons (Fsp3) is 0.682. The van der Waals surface area contributed by atoms with E-state index in [9.17, 15) is 14.4 Å². The molecule has 0 aliphatic heterocycles. The molecule has 0 radical (unpaired) electrons. The first-order valence-electron chi connectivity index (χ1n) is 10.3. The summed E-state index contributed by atoms with van der Waals surface area (Å²) in [5.74, 6) is -1.34. The van der Waals surface area contributed by atoms with Crippen LogP contribution in [0.3, 0.4) is 0 Å². The molecule has 0 heterocycles. The molecule has 2 rings (SSSR count). The smallest absolute Gasteiger partial charge is 0.308 e. The highest BCUT2D eigenvalue weighted by molar-refractivity contribution is 5.72. The van der Waals surface area contributed by atoms with Crippen molar-refractivity contribution < 1.29 is 29.0 Å². The van der Waals surface area contributed by atoms with E-state index in [1.54, 1.807) is 0 Å². The van der Waals surface area contributed by atoms with Crippen LogP contribution in [0.2, 0.25) is 0 Å². The molecule has 0 aromatic heterocycles. The van der Waals surface area contributed by atoms with Crippen molar-refractivity contribution in [2.24, 2.45) is 23.7 Å². The van der Waals surface area contributed by atoms with Crippen LogP contribution < -0.4 is 0 Å². The third-order valence-corrected chi connectivity index (χ3v) is 5.84. The first-order chi connectivity index (χ1) is 13.3. The lowest BCUT2D eigenvalue weighted by molar-refractivity contribution is -0.160. The molecule has 1 unspecified atom stereocenters. The zero-order chi connectivity index (χ0) is 20.7. The minimum absolute atomic E-state index is 0.0218. The molecule has 0 saturated carbocycles. The molecule has 2 aliphatic rings. The molecule has 0 spiro atoms. The van der Waals surface area contributed by atoms with Gasteiger partial charge in [0, 0.05) is 24.7 Å². The van der Waals surface area contributed by atoms with E-state index in [-0.39, 0.29) is 67.6 Å². The van der Waals surface area contributed by atoms with Gasteiger partial charge in [-0.1, -0.05) is 39.0 Å². The number of aliphatic carboxylic acids is 1. The Morgan fingerprint density at radius 2 is 2.04 bits per heavy atom. The quantitative estimate of drug-likeness (QED) is 0.599. The summed E-state index contributed by atoms with van der Waals surface area (Å²) in [6, 6.07) is 0. The molecular weight excluding hydrogens is 360 g/mol. The average Bonchev–Trinajstić information content (AvgIpc) is 2.66. The monoisotopic (exact) mass is 392 g/mol. The van der Waals surface area contributed by atoms with Gasteiger partial charge in [-0.25, -0.2) is 0 Å². The van der Waals surface area contributed by atoms with Crippen LogP contribution in [0.4, 0.5) is 0 Å². The maximum absolute atomic E-state index is 12.4. The number of hydrogen-bond acceptors (Lipinski definition) is 5. The summed E-state index contributed by atoms with van der Waals surface area (Å²) >= 11 is 0. The van der Waals surface area contributed by atoms with Gasteiger partial charge in [0.15, 0.2) is 0 Å². The predicted molar refractivity (Wildman–Crippen MR) is 104 cm³/mol. The van der Waals surface area contributed by atoms with Crippen LogP contribution in [0.1, 0.15) is 59.3 Å². The zero-order valence-corrected chi connectivity index (χ0v) is 17.1. The van der Waals surface area contributed by atoms with Gasteiger partial charge in [-0.3, -0.25) is 14.4 Å². The van der Waals surface area contributed by atoms with Gasteiger partial charge in [-0.05, 0) is 37.2 Å². The molecule has 2 aliphatic carbocycles. The third kappa shape index (κ3) is 5.94. The summed E-state index contributed by atoms with van der Waals surface area (Å²) in [6.07, 6.45) is 8.92. The zero-order valence-electron chi connectivity index (χ0n) is 17.1. The molecule has 0 fully saturated rings. The summed E-state index contributed by atoms with van der Waals surface area (Å²) in [5.41, 5.74) is 1.15. The Morgan fingerprint density at radius 1 is 1.29 bits per heavy atom. The fourth-order valence-corrected chi connectivity index (χ4v) is 3.84. The van der Waals surface area contributed by atoms with Gasteiger partial charge in [0.05, 0.1) is 12.5 Å². The molecule has 0 amide bonds. The normalized spacial score (nSPS) is 27.3. The van der Waals surface area contributed by atoms with Crippen LogP contribution in [0.25, 0.3) is 0 Å². The van der Waals surface area contributed by atoms with Crippen molar-refractivity contribution in [2.45, 2.75) is 65.4 Å². The Labute approximate surface area is 167 Å². The maximum Gasteiger partial charge on any atom is 0.308 e. The number of rotatable bonds is 9. The number of carboxylic acids is 1. The molecule has 0 bridgehead atoms. The molecule has 156 valence electrons. The first kappa shape index (κ1) is 22.2. The van der Waals surface area contributed by atoms with Crippen LogP contribution in [-0.4, -0.2) is 35.7 Å². The second kappa shape index (κ2) is 10.4. The van der Waals surface area contributed by atoms with E-state index in [0.717, 1.165) is 24.8 Å². The Kier molecular flexibility index (Phi) is 8.27. The molecule has 0 saturated heterocycles. The van der Waals surface area contributed by atoms with E-state index in [4.69, 9.17) is 14.6 Å². The molecule has 1 N–H and O–H groups in total. The number of hydrogen-bond donors (Lipinski definition) is 1. The highest BCUT2D eigenvalue weighted by atomic mass is 16.5. The number of carbonyl (C=O) groups excluding carboxylic acids is 2. The molecule has 28 heavy (non-hydrogen) atoms. The summed E-state index contributed by atoms with van der Waals surface area (Å²) in [4.78, 5) is 34.9. The molecule has 6 heteroatoms. The topological polar surface area (TPSA) is 89.9 Å². The largest absolute Gasteiger partial charge is 0.481 e. The number of fused-ring (bicyclic) bond motifs is 1. The second-order valence-corrected chi connectivity index (χ2v) is 7.90. The number of ether oxygens (including phenoxy) is 2. The number of esters is 2. The minimum Gasteiger partial charge on any atom is -0.481 e. The summed E-state index contributed by atoms with van der Waals surface area (Å²) in [6.45, 7) is 6.17. The molecule has 6 nitrogen and oxygen atoms in total. The number of allylic oxidation sites excluding steroid dienone is 3. The van der Waals surface area contributed by atoms with Crippen LogP contribution in [0, 0.1) is 23.7 Å². The summed E-state index contributed by atoms with van der Waals surface area (Å²) in [5, 5.41) is 8.67. The standard InChI is InChI=1S/C22H32O6/c1-4-14(2)22(26)28-18-8-5-7-16-12-11-15(3)17(21(16)18)13-27-20(25)10-6-9-19(23)24/h7,11-12,14-15,17-18,21H,4-6,8-10,13H2,1-3H3,(H,23,24)/t14-,15-,17-,18-,21?/m0/s1. The van der Waals surface area contributed by atoms with Crippen molar-refractivity contribution in [3.63, 3.8) is 0 Å². The fourth-order valence-electron chi connectivity index (χ4n) is 3.84. The summed E-state index contributed by atoms with van der Waals surface area (Å²) < 4.78 is 11.3.